The maximum atomic E-state index is 11.7. The lowest BCUT2D eigenvalue weighted by atomic mass is 10.1. The Morgan fingerprint density at radius 2 is 2.35 bits per heavy atom. The third-order valence-corrected chi connectivity index (χ3v) is 3.28. The van der Waals surface area contributed by atoms with E-state index in [-0.39, 0.29) is 17.3 Å². The summed E-state index contributed by atoms with van der Waals surface area (Å²) in [6, 6.07) is 3.63. The lowest BCUT2D eigenvalue weighted by molar-refractivity contribution is 0.409. The third-order valence-electron chi connectivity index (χ3n) is 2.43. The predicted molar refractivity (Wildman–Crippen MR) is 66.4 cm³/mol. The Labute approximate surface area is 103 Å². The molecule has 0 aromatic carbocycles. The Balaban J connectivity index is 2.38. The lowest BCUT2D eigenvalue weighted by Gasteiger charge is -2.02. The van der Waals surface area contributed by atoms with Gasteiger partial charge in [-0.15, -0.1) is 11.3 Å². The van der Waals surface area contributed by atoms with Gasteiger partial charge in [0.05, 0.1) is 10.4 Å². The van der Waals surface area contributed by atoms with Gasteiger partial charge in [0.25, 0.3) is 0 Å². The number of unbranched alkanes of at least 4 members (excludes halogenated alkanes) is 1. The maximum absolute atomic E-state index is 11.7. The van der Waals surface area contributed by atoms with Crippen LogP contribution in [0, 0.1) is 0 Å². The minimum atomic E-state index is -0.491. The van der Waals surface area contributed by atoms with Gasteiger partial charge in [0.2, 0.25) is 11.8 Å². The lowest BCUT2D eigenvalue weighted by Crippen LogP contribution is -2.09. The second-order valence-electron chi connectivity index (χ2n) is 3.69. The van der Waals surface area contributed by atoms with Gasteiger partial charge in [-0.05, 0) is 24.3 Å². The molecule has 0 saturated heterocycles. The predicted octanol–water partition coefficient (Wildman–Crippen LogP) is 2.81. The summed E-state index contributed by atoms with van der Waals surface area (Å²) in [5.74, 6) is -0.0270. The molecule has 2 aromatic heterocycles. The van der Waals surface area contributed by atoms with Gasteiger partial charge >= 0.3 is 5.63 Å². The zero-order valence-electron chi connectivity index (χ0n) is 9.47. The van der Waals surface area contributed by atoms with Crippen molar-refractivity contribution in [1.29, 1.82) is 0 Å². The highest BCUT2D eigenvalue weighted by Gasteiger charge is 2.13. The Hall–Kier alpha value is -1.62. The highest BCUT2D eigenvalue weighted by molar-refractivity contribution is 7.13. The Morgan fingerprint density at radius 3 is 2.94 bits per heavy atom. The van der Waals surface area contributed by atoms with Crippen LogP contribution >= 0.6 is 11.3 Å². The smallest absolute Gasteiger partial charge is 0.346 e. The molecule has 0 aliphatic rings. The first kappa shape index (κ1) is 11.9. The van der Waals surface area contributed by atoms with Gasteiger partial charge in [0.15, 0.2) is 0 Å². The van der Waals surface area contributed by atoms with Gasteiger partial charge < -0.3 is 9.52 Å². The van der Waals surface area contributed by atoms with Crippen LogP contribution in [-0.2, 0) is 6.42 Å². The summed E-state index contributed by atoms with van der Waals surface area (Å²) >= 11 is 1.41. The van der Waals surface area contributed by atoms with Gasteiger partial charge in [-0.2, -0.15) is 4.98 Å². The number of thiophene rings is 1. The summed E-state index contributed by atoms with van der Waals surface area (Å²) in [4.78, 5) is 16.4. The second kappa shape index (κ2) is 5.14. The highest BCUT2D eigenvalue weighted by atomic mass is 32.1. The van der Waals surface area contributed by atoms with E-state index in [1.165, 1.54) is 11.3 Å². The first-order valence-electron chi connectivity index (χ1n) is 5.49. The normalized spacial score (nSPS) is 10.6. The minimum absolute atomic E-state index is 0.183. The molecule has 17 heavy (non-hydrogen) atoms. The molecule has 0 unspecified atom stereocenters. The molecule has 0 saturated carbocycles. The number of nitrogens with zero attached hydrogens (tertiary/aromatic N) is 1. The van der Waals surface area contributed by atoms with Gasteiger partial charge in [0, 0.05) is 0 Å². The van der Waals surface area contributed by atoms with Gasteiger partial charge in [-0.1, -0.05) is 19.4 Å². The van der Waals surface area contributed by atoms with Crippen LogP contribution in [0.4, 0.5) is 0 Å². The van der Waals surface area contributed by atoms with E-state index in [1.54, 1.807) is 6.07 Å². The molecule has 2 heterocycles. The molecule has 0 aliphatic heterocycles. The molecule has 0 bridgehead atoms. The fourth-order valence-corrected chi connectivity index (χ4v) is 2.15. The maximum Gasteiger partial charge on any atom is 0.346 e. The molecule has 0 amide bonds. The molecule has 0 atom stereocenters. The fraction of sp³-hybridized carbons (Fsp3) is 0.333. The SMILES string of the molecule is CCCCc1c(O)nc(-c2cccs2)oc1=O. The molecule has 0 radical (unpaired) electrons. The van der Waals surface area contributed by atoms with E-state index in [1.807, 2.05) is 18.4 Å². The summed E-state index contributed by atoms with van der Waals surface area (Å²) in [5.41, 5.74) is -0.221. The number of aromatic hydroxyl groups is 1. The van der Waals surface area contributed by atoms with E-state index in [0.29, 0.717) is 6.42 Å². The Bertz CT molecular complexity index is 545. The van der Waals surface area contributed by atoms with Gasteiger partial charge in [0.1, 0.15) is 0 Å². The molecule has 2 aromatic rings. The summed E-state index contributed by atoms with van der Waals surface area (Å²) < 4.78 is 5.11. The van der Waals surface area contributed by atoms with Crippen LogP contribution in [0.25, 0.3) is 10.8 Å². The van der Waals surface area contributed by atoms with E-state index >= 15 is 0 Å². The van der Waals surface area contributed by atoms with E-state index in [9.17, 15) is 9.90 Å². The van der Waals surface area contributed by atoms with Crippen molar-refractivity contribution >= 4 is 11.3 Å². The molecule has 0 aliphatic carbocycles. The average molecular weight is 251 g/mol. The number of rotatable bonds is 4. The van der Waals surface area contributed by atoms with Crippen LogP contribution in [0.5, 0.6) is 5.88 Å². The van der Waals surface area contributed by atoms with Crippen LogP contribution in [0.2, 0.25) is 0 Å². The van der Waals surface area contributed by atoms with Crippen molar-refractivity contribution in [2.24, 2.45) is 0 Å². The number of aromatic nitrogens is 1. The quantitative estimate of drug-likeness (QED) is 0.907. The first-order valence-corrected chi connectivity index (χ1v) is 6.37. The van der Waals surface area contributed by atoms with E-state index in [4.69, 9.17) is 4.42 Å². The Morgan fingerprint density at radius 1 is 1.53 bits per heavy atom. The van der Waals surface area contributed by atoms with Crippen molar-refractivity contribution < 1.29 is 9.52 Å². The molecule has 5 heteroatoms. The monoisotopic (exact) mass is 251 g/mol. The van der Waals surface area contributed by atoms with E-state index < -0.39 is 5.63 Å². The van der Waals surface area contributed by atoms with Crippen molar-refractivity contribution in [3.05, 3.63) is 33.5 Å². The minimum Gasteiger partial charge on any atom is -0.493 e. The molecule has 0 fully saturated rings. The van der Waals surface area contributed by atoms with Crippen molar-refractivity contribution in [3.8, 4) is 16.6 Å². The number of hydrogen-bond acceptors (Lipinski definition) is 5. The van der Waals surface area contributed by atoms with Crippen molar-refractivity contribution in [2.75, 3.05) is 0 Å². The van der Waals surface area contributed by atoms with E-state index in [0.717, 1.165) is 17.7 Å². The van der Waals surface area contributed by atoms with Gasteiger partial charge in [-0.3, -0.25) is 0 Å². The first-order chi connectivity index (χ1) is 8.22. The molecule has 4 nitrogen and oxygen atoms in total. The van der Waals surface area contributed by atoms with Gasteiger partial charge in [-0.25, -0.2) is 4.79 Å². The van der Waals surface area contributed by atoms with Crippen molar-refractivity contribution in [3.63, 3.8) is 0 Å². The van der Waals surface area contributed by atoms with Crippen LogP contribution in [0.3, 0.4) is 0 Å². The fourth-order valence-electron chi connectivity index (χ4n) is 1.50. The van der Waals surface area contributed by atoms with Crippen LogP contribution in [0.1, 0.15) is 25.3 Å². The molecular weight excluding hydrogens is 238 g/mol. The van der Waals surface area contributed by atoms with E-state index in [2.05, 4.69) is 4.98 Å². The molecule has 0 spiro atoms. The van der Waals surface area contributed by atoms with Crippen LogP contribution < -0.4 is 5.63 Å². The summed E-state index contributed by atoms with van der Waals surface area (Å²) in [6.07, 6.45) is 2.28. The third kappa shape index (κ3) is 2.55. The molecular formula is C12H13NO3S. The molecule has 2 rings (SSSR count). The molecule has 1 N–H and O–H groups in total. The number of hydrogen-bond donors (Lipinski definition) is 1. The largest absolute Gasteiger partial charge is 0.493 e. The zero-order chi connectivity index (χ0) is 12.3. The van der Waals surface area contributed by atoms with Crippen LogP contribution in [-0.4, -0.2) is 10.1 Å². The van der Waals surface area contributed by atoms with Crippen LogP contribution in [0.15, 0.2) is 26.7 Å². The molecule has 90 valence electrons. The summed E-state index contributed by atoms with van der Waals surface area (Å²) in [7, 11) is 0. The zero-order valence-corrected chi connectivity index (χ0v) is 10.3. The highest BCUT2D eigenvalue weighted by Crippen LogP contribution is 2.24. The summed E-state index contributed by atoms with van der Waals surface area (Å²) in [6.45, 7) is 2.02. The van der Waals surface area contributed by atoms with Crippen molar-refractivity contribution in [1.82, 2.24) is 4.98 Å². The Kier molecular flexibility index (Phi) is 3.58. The topological polar surface area (TPSA) is 63.3 Å². The summed E-state index contributed by atoms with van der Waals surface area (Å²) in [5, 5.41) is 11.6. The van der Waals surface area contributed by atoms with Crippen molar-refractivity contribution in [2.45, 2.75) is 26.2 Å². The standard InChI is InChI=1S/C12H13NO3S/c1-2-3-5-8-10(14)13-11(16-12(8)15)9-6-4-7-17-9/h4,6-7,14H,2-3,5H2,1H3. The average Bonchev–Trinajstić information content (AvgIpc) is 2.81. The second-order valence-corrected chi connectivity index (χ2v) is 4.64.